The fraction of sp³-hybridized carbons (Fsp3) is 0.917. The Morgan fingerprint density at radius 3 is 2.36 bits per heavy atom. The molecule has 1 fully saturated rings. The monoisotopic (exact) mass is 197 g/mol. The van der Waals surface area contributed by atoms with E-state index < -0.39 is 0 Å². The highest BCUT2D eigenvalue weighted by Crippen LogP contribution is 2.38. The van der Waals surface area contributed by atoms with Crippen molar-refractivity contribution in [3.05, 3.63) is 0 Å². The molecule has 0 heterocycles. The van der Waals surface area contributed by atoms with Crippen molar-refractivity contribution in [1.82, 2.24) is 4.90 Å². The highest BCUT2D eigenvalue weighted by molar-refractivity contribution is 5.81. The predicted octanol–water partition coefficient (Wildman–Crippen LogP) is 2.19. The van der Waals surface area contributed by atoms with Gasteiger partial charge in [-0.15, -0.1) is 0 Å². The molecule has 0 amide bonds. The van der Waals surface area contributed by atoms with Crippen LogP contribution in [0.3, 0.4) is 0 Å². The standard InChI is InChI=1S/C12H23NO/c1-9-6-11(9)7-13(5)8-12(3,4)10(2)14/h9,11H,6-8H2,1-5H3. The average Bonchev–Trinajstić information content (AvgIpc) is 2.64. The van der Waals surface area contributed by atoms with E-state index in [0.29, 0.717) is 0 Å². The highest BCUT2D eigenvalue weighted by Gasteiger charge is 2.34. The summed E-state index contributed by atoms with van der Waals surface area (Å²) in [4.78, 5) is 13.6. The zero-order valence-corrected chi connectivity index (χ0v) is 10.1. The Morgan fingerprint density at radius 1 is 1.50 bits per heavy atom. The van der Waals surface area contributed by atoms with E-state index >= 15 is 0 Å². The van der Waals surface area contributed by atoms with Gasteiger partial charge in [-0.2, -0.15) is 0 Å². The van der Waals surface area contributed by atoms with Crippen LogP contribution in [0, 0.1) is 17.3 Å². The van der Waals surface area contributed by atoms with Crippen molar-refractivity contribution in [2.45, 2.75) is 34.1 Å². The van der Waals surface area contributed by atoms with Gasteiger partial charge in [-0.1, -0.05) is 20.8 Å². The summed E-state index contributed by atoms with van der Waals surface area (Å²) in [6.45, 7) is 10.1. The molecule has 0 bridgehead atoms. The van der Waals surface area contributed by atoms with Gasteiger partial charge in [0.1, 0.15) is 5.78 Å². The van der Waals surface area contributed by atoms with Gasteiger partial charge in [0.2, 0.25) is 0 Å². The SMILES string of the molecule is CC(=O)C(C)(C)CN(C)CC1CC1C. The maximum absolute atomic E-state index is 11.3. The minimum absolute atomic E-state index is 0.188. The highest BCUT2D eigenvalue weighted by atomic mass is 16.1. The van der Waals surface area contributed by atoms with Gasteiger partial charge in [-0.3, -0.25) is 4.79 Å². The van der Waals surface area contributed by atoms with Crippen LogP contribution in [-0.2, 0) is 4.79 Å². The van der Waals surface area contributed by atoms with E-state index in [1.165, 1.54) is 6.42 Å². The van der Waals surface area contributed by atoms with Crippen LogP contribution in [0.5, 0.6) is 0 Å². The van der Waals surface area contributed by atoms with Crippen LogP contribution in [0.4, 0.5) is 0 Å². The van der Waals surface area contributed by atoms with Gasteiger partial charge in [0.25, 0.3) is 0 Å². The quantitative estimate of drug-likeness (QED) is 0.673. The molecule has 0 aliphatic heterocycles. The van der Waals surface area contributed by atoms with Crippen molar-refractivity contribution in [1.29, 1.82) is 0 Å². The summed E-state index contributed by atoms with van der Waals surface area (Å²) >= 11 is 0. The summed E-state index contributed by atoms with van der Waals surface area (Å²) in [6.07, 6.45) is 1.37. The second-order valence-corrected chi connectivity index (χ2v) is 5.61. The van der Waals surface area contributed by atoms with E-state index in [2.05, 4.69) is 18.9 Å². The third-order valence-electron chi connectivity index (χ3n) is 3.44. The number of Topliss-reactive ketones (excluding diaryl/α,β-unsaturated/α-hetero) is 1. The maximum atomic E-state index is 11.3. The van der Waals surface area contributed by atoms with Crippen LogP contribution >= 0.6 is 0 Å². The van der Waals surface area contributed by atoms with Crippen molar-refractivity contribution in [2.24, 2.45) is 17.3 Å². The fourth-order valence-electron chi connectivity index (χ4n) is 1.90. The smallest absolute Gasteiger partial charge is 0.136 e. The molecule has 82 valence electrons. The van der Waals surface area contributed by atoms with Gasteiger partial charge in [-0.25, -0.2) is 0 Å². The van der Waals surface area contributed by atoms with E-state index in [9.17, 15) is 4.79 Å². The van der Waals surface area contributed by atoms with E-state index in [4.69, 9.17) is 0 Å². The molecule has 2 heteroatoms. The molecule has 1 aliphatic carbocycles. The third-order valence-corrected chi connectivity index (χ3v) is 3.44. The lowest BCUT2D eigenvalue weighted by atomic mass is 9.88. The van der Waals surface area contributed by atoms with Crippen LogP contribution in [0.2, 0.25) is 0 Å². The zero-order valence-electron chi connectivity index (χ0n) is 10.1. The zero-order chi connectivity index (χ0) is 10.9. The first-order valence-electron chi connectivity index (χ1n) is 5.52. The number of hydrogen-bond acceptors (Lipinski definition) is 2. The number of carbonyl (C=O) groups excluding carboxylic acids is 1. The molecule has 1 saturated carbocycles. The molecule has 2 nitrogen and oxygen atoms in total. The Bertz CT molecular complexity index is 222. The maximum Gasteiger partial charge on any atom is 0.136 e. The molecule has 2 unspecified atom stereocenters. The van der Waals surface area contributed by atoms with Gasteiger partial charge >= 0.3 is 0 Å². The molecule has 0 N–H and O–H groups in total. The molecule has 0 aromatic carbocycles. The van der Waals surface area contributed by atoms with Gasteiger partial charge in [-0.05, 0) is 32.2 Å². The first-order valence-corrected chi connectivity index (χ1v) is 5.52. The Hall–Kier alpha value is -0.370. The van der Waals surface area contributed by atoms with Crippen molar-refractivity contribution >= 4 is 5.78 Å². The largest absolute Gasteiger partial charge is 0.305 e. The van der Waals surface area contributed by atoms with E-state index in [-0.39, 0.29) is 11.2 Å². The van der Waals surface area contributed by atoms with E-state index in [1.54, 1.807) is 6.92 Å². The van der Waals surface area contributed by atoms with E-state index in [1.807, 2.05) is 13.8 Å². The molecule has 14 heavy (non-hydrogen) atoms. The Labute approximate surface area is 87.7 Å². The molecule has 0 saturated heterocycles. The number of hydrogen-bond donors (Lipinski definition) is 0. The minimum Gasteiger partial charge on any atom is -0.305 e. The number of ketones is 1. The normalized spacial score (nSPS) is 26.7. The molecule has 0 radical (unpaired) electrons. The van der Waals surface area contributed by atoms with Crippen molar-refractivity contribution in [3.8, 4) is 0 Å². The fourth-order valence-corrected chi connectivity index (χ4v) is 1.90. The molecule has 1 rings (SSSR count). The number of rotatable bonds is 5. The Morgan fingerprint density at radius 2 is 2.00 bits per heavy atom. The summed E-state index contributed by atoms with van der Waals surface area (Å²) in [5, 5.41) is 0. The predicted molar refractivity (Wildman–Crippen MR) is 59.2 cm³/mol. The lowest BCUT2D eigenvalue weighted by Crippen LogP contribution is -2.37. The first kappa shape index (κ1) is 11.7. The van der Waals surface area contributed by atoms with Gasteiger partial charge in [0, 0.05) is 18.5 Å². The summed E-state index contributed by atoms with van der Waals surface area (Å²) in [5.41, 5.74) is -0.188. The topological polar surface area (TPSA) is 20.3 Å². The van der Waals surface area contributed by atoms with Gasteiger partial charge < -0.3 is 4.90 Å². The molecular formula is C12H23NO. The third kappa shape index (κ3) is 3.09. The lowest BCUT2D eigenvalue weighted by molar-refractivity contribution is -0.125. The molecule has 0 aromatic rings. The molecule has 0 spiro atoms. The van der Waals surface area contributed by atoms with Crippen molar-refractivity contribution in [3.63, 3.8) is 0 Å². The summed E-state index contributed by atoms with van der Waals surface area (Å²) in [6, 6.07) is 0. The van der Waals surface area contributed by atoms with Crippen LogP contribution in [0.25, 0.3) is 0 Å². The van der Waals surface area contributed by atoms with E-state index in [0.717, 1.165) is 24.9 Å². The minimum atomic E-state index is -0.188. The molecule has 0 aromatic heterocycles. The van der Waals surface area contributed by atoms with Crippen LogP contribution in [0.15, 0.2) is 0 Å². The molecule has 1 aliphatic rings. The summed E-state index contributed by atoms with van der Waals surface area (Å²) in [7, 11) is 2.12. The summed E-state index contributed by atoms with van der Waals surface area (Å²) in [5.74, 6) is 2.06. The average molecular weight is 197 g/mol. The summed E-state index contributed by atoms with van der Waals surface area (Å²) < 4.78 is 0. The Kier molecular flexibility index (Phi) is 3.36. The van der Waals surface area contributed by atoms with Gasteiger partial charge in [0.15, 0.2) is 0 Å². The van der Waals surface area contributed by atoms with Crippen molar-refractivity contribution < 1.29 is 4.79 Å². The number of carbonyl (C=O) groups is 1. The number of nitrogens with zero attached hydrogens (tertiary/aromatic N) is 1. The van der Waals surface area contributed by atoms with Crippen LogP contribution in [-0.4, -0.2) is 30.8 Å². The lowest BCUT2D eigenvalue weighted by Gasteiger charge is -2.28. The Balaban J connectivity index is 2.32. The van der Waals surface area contributed by atoms with Crippen LogP contribution < -0.4 is 0 Å². The van der Waals surface area contributed by atoms with Gasteiger partial charge in [0.05, 0.1) is 0 Å². The first-order chi connectivity index (χ1) is 6.33. The van der Waals surface area contributed by atoms with Crippen molar-refractivity contribution in [2.75, 3.05) is 20.1 Å². The molecule has 2 atom stereocenters. The second kappa shape index (κ2) is 4.01. The molecular weight excluding hydrogens is 174 g/mol. The van der Waals surface area contributed by atoms with Crippen LogP contribution in [0.1, 0.15) is 34.1 Å². The second-order valence-electron chi connectivity index (χ2n) is 5.61.